The van der Waals surface area contributed by atoms with E-state index in [4.69, 9.17) is 0 Å². The van der Waals surface area contributed by atoms with Gasteiger partial charge in [-0.1, -0.05) is 67.9 Å². The summed E-state index contributed by atoms with van der Waals surface area (Å²) in [6, 6.07) is 15.8. The Hall–Kier alpha value is -2.95. The number of imide groups is 1. The van der Waals surface area contributed by atoms with Gasteiger partial charge in [0.15, 0.2) is 5.78 Å². The number of benzene rings is 2. The molecule has 134 valence electrons. The summed E-state index contributed by atoms with van der Waals surface area (Å²) in [6.45, 7) is 3.49. The fraction of sp³-hybridized carbons (Fsp3) is 0.286. The van der Waals surface area contributed by atoms with Gasteiger partial charge >= 0.3 is 6.03 Å². The topological polar surface area (TPSA) is 66.5 Å². The van der Waals surface area contributed by atoms with Gasteiger partial charge in [-0.25, -0.2) is 4.79 Å². The summed E-state index contributed by atoms with van der Waals surface area (Å²) in [5.74, 6) is -0.668. The van der Waals surface area contributed by atoms with E-state index in [2.05, 4.69) is 12.2 Å². The predicted molar refractivity (Wildman–Crippen MR) is 98.8 cm³/mol. The van der Waals surface area contributed by atoms with Crippen LogP contribution in [0, 0.1) is 0 Å². The molecule has 0 aliphatic carbocycles. The molecule has 5 heteroatoms. The molecule has 0 spiro atoms. The molecule has 0 radical (unpaired) electrons. The predicted octanol–water partition coefficient (Wildman–Crippen LogP) is 3.29. The zero-order chi connectivity index (χ0) is 18.7. The van der Waals surface area contributed by atoms with Crippen molar-refractivity contribution in [1.82, 2.24) is 10.2 Å². The number of rotatable bonds is 6. The molecule has 0 aromatic heterocycles. The van der Waals surface area contributed by atoms with E-state index < -0.39 is 17.5 Å². The normalized spacial score (nSPS) is 19.5. The summed E-state index contributed by atoms with van der Waals surface area (Å²) in [4.78, 5) is 38.7. The molecule has 1 saturated heterocycles. The van der Waals surface area contributed by atoms with E-state index in [1.54, 1.807) is 31.2 Å². The lowest BCUT2D eigenvalue weighted by atomic mass is 9.92. The first-order valence-corrected chi connectivity index (χ1v) is 8.77. The Kier molecular flexibility index (Phi) is 4.89. The third-order valence-corrected chi connectivity index (χ3v) is 4.74. The number of carbonyl (C=O) groups is 3. The van der Waals surface area contributed by atoms with Crippen molar-refractivity contribution in [3.8, 4) is 0 Å². The Morgan fingerprint density at radius 2 is 1.69 bits per heavy atom. The van der Waals surface area contributed by atoms with Gasteiger partial charge in [0.2, 0.25) is 0 Å². The second kappa shape index (κ2) is 7.12. The molecule has 1 aliphatic heterocycles. The van der Waals surface area contributed by atoms with Crippen molar-refractivity contribution in [2.24, 2.45) is 0 Å². The molecule has 1 atom stereocenters. The lowest BCUT2D eigenvalue weighted by Gasteiger charge is -2.22. The molecular weight excluding hydrogens is 328 g/mol. The van der Waals surface area contributed by atoms with Crippen molar-refractivity contribution < 1.29 is 14.4 Å². The third kappa shape index (κ3) is 3.25. The van der Waals surface area contributed by atoms with Gasteiger partial charge in [-0.2, -0.15) is 0 Å². The Bertz CT molecular complexity index is 830. The SMILES string of the molecule is CCCc1ccc(C(=O)CN2C(=O)N[C@@](C)(c3ccccc3)C2=O)cc1. The molecule has 3 rings (SSSR count). The molecule has 3 amide bonds. The minimum atomic E-state index is -1.15. The number of amides is 3. The first-order chi connectivity index (χ1) is 12.5. The van der Waals surface area contributed by atoms with Crippen LogP contribution in [-0.4, -0.2) is 29.2 Å². The second-order valence-corrected chi connectivity index (χ2v) is 6.68. The largest absolute Gasteiger partial charge is 0.325 e. The first-order valence-electron chi connectivity index (χ1n) is 8.77. The number of hydrogen-bond acceptors (Lipinski definition) is 3. The number of carbonyl (C=O) groups excluding carboxylic acids is 3. The Balaban J connectivity index is 1.76. The van der Waals surface area contributed by atoms with Crippen LogP contribution in [0.1, 0.15) is 41.8 Å². The van der Waals surface area contributed by atoms with Crippen molar-refractivity contribution in [2.75, 3.05) is 6.54 Å². The first kappa shape index (κ1) is 17.9. The number of Topliss-reactive ketones (excluding diaryl/α,β-unsaturated/α-hetero) is 1. The number of hydrogen-bond donors (Lipinski definition) is 1. The zero-order valence-electron chi connectivity index (χ0n) is 15.0. The molecule has 1 heterocycles. The maximum absolute atomic E-state index is 12.8. The average molecular weight is 350 g/mol. The zero-order valence-corrected chi connectivity index (χ0v) is 15.0. The standard InChI is InChI=1S/C21H22N2O3/c1-3-7-15-10-12-16(13-11-15)18(24)14-23-19(25)21(2,22-20(23)26)17-8-5-4-6-9-17/h4-6,8-13H,3,7,14H2,1-2H3,(H,22,26)/t21-/m0/s1. The van der Waals surface area contributed by atoms with Crippen molar-refractivity contribution in [3.63, 3.8) is 0 Å². The molecule has 1 fully saturated rings. The van der Waals surface area contributed by atoms with E-state index in [1.807, 2.05) is 30.3 Å². The molecule has 5 nitrogen and oxygen atoms in total. The summed E-state index contributed by atoms with van der Waals surface area (Å²) >= 11 is 0. The molecule has 0 unspecified atom stereocenters. The lowest BCUT2D eigenvalue weighted by molar-refractivity contribution is -0.130. The molecule has 1 aliphatic rings. The smallest absolute Gasteiger partial charge is 0.319 e. The fourth-order valence-electron chi connectivity index (χ4n) is 3.19. The number of aryl methyl sites for hydroxylation is 1. The van der Waals surface area contributed by atoms with Crippen LogP contribution >= 0.6 is 0 Å². The van der Waals surface area contributed by atoms with E-state index >= 15 is 0 Å². The third-order valence-electron chi connectivity index (χ3n) is 4.74. The summed E-state index contributed by atoms with van der Waals surface area (Å²) < 4.78 is 0. The number of ketones is 1. The maximum atomic E-state index is 12.8. The highest BCUT2D eigenvalue weighted by Crippen LogP contribution is 2.28. The van der Waals surface area contributed by atoms with Crippen LogP contribution in [0.5, 0.6) is 0 Å². The number of nitrogens with zero attached hydrogens (tertiary/aromatic N) is 1. The Labute approximate surface area is 153 Å². The molecule has 0 saturated carbocycles. The second-order valence-electron chi connectivity index (χ2n) is 6.68. The van der Waals surface area contributed by atoms with Gasteiger partial charge in [0.05, 0.1) is 6.54 Å². The summed E-state index contributed by atoms with van der Waals surface area (Å²) in [5, 5.41) is 2.71. The highest BCUT2D eigenvalue weighted by atomic mass is 16.2. The number of urea groups is 1. The van der Waals surface area contributed by atoms with Crippen molar-refractivity contribution in [1.29, 1.82) is 0 Å². The molecule has 2 aromatic rings. The monoisotopic (exact) mass is 350 g/mol. The van der Waals surface area contributed by atoms with Gasteiger partial charge in [-0.3, -0.25) is 14.5 Å². The summed E-state index contributed by atoms with van der Waals surface area (Å²) in [7, 11) is 0. The lowest BCUT2D eigenvalue weighted by Crippen LogP contribution is -2.41. The minimum Gasteiger partial charge on any atom is -0.319 e. The average Bonchev–Trinajstić information content (AvgIpc) is 2.87. The van der Waals surface area contributed by atoms with E-state index in [9.17, 15) is 14.4 Å². The van der Waals surface area contributed by atoms with Crippen LogP contribution in [0.3, 0.4) is 0 Å². The number of nitrogens with one attached hydrogen (secondary N) is 1. The quantitative estimate of drug-likeness (QED) is 0.642. The van der Waals surface area contributed by atoms with E-state index in [0.29, 0.717) is 11.1 Å². The van der Waals surface area contributed by atoms with Gasteiger partial charge in [0.25, 0.3) is 5.91 Å². The van der Waals surface area contributed by atoms with Gasteiger partial charge in [-0.15, -0.1) is 0 Å². The van der Waals surface area contributed by atoms with Gasteiger partial charge in [-0.05, 0) is 24.5 Å². The fourth-order valence-corrected chi connectivity index (χ4v) is 3.19. The van der Waals surface area contributed by atoms with Crippen LogP contribution in [0.4, 0.5) is 4.79 Å². The maximum Gasteiger partial charge on any atom is 0.325 e. The van der Waals surface area contributed by atoms with Crippen molar-refractivity contribution in [2.45, 2.75) is 32.2 Å². The Morgan fingerprint density at radius 1 is 1.04 bits per heavy atom. The molecule has 26 heavy (non-hydrogen) atoms. The Morgan fingerprint density at radius 3 is 2.31 bits per heavy atom. The van der Waals surface area contributed by atoms with Gasteiger partial charge in [0, 0.05) is 5.56 Å². The molecule has 2 aromatic carbocycles. The highest BCUT2D eigenvalue weighted by molar-refractivity contribution is 6.11. The minimum absolute atomic E-state index is 0.256. The summed E-state index contributed by atoms with van der Waals surface area (Å²) in [5.41, 5.74) is 1.20. The highest BCUT2D eigenvalue weighted by Gasteiger charge is 2.49. The van der Waals surface area contributed by atoms with Crippen molar-refractivity contribution >= 4 is 17.7 Å². The van der Waals surface area contributed by atoms with Crippen LogP contribution in [0.15, 0.2) is 54.6 Å². The van der Waals surface area contributed by atoms with E-state index in [-0.39, 0.29) is 12.3 Å². The summed E-state index contributed by atoms with van der Waals surface area (Å²) in [6.07, 6.45) is 1.99. The van der Waals surface area contributed by atoms with Crippen LogP contribution in [-0.2, 0) is 16.8 Å². The molecule has 0 bridgehead atoms. The van der Waals surface area contributed by atoms with Gasteiger partial charge < -0.3 is 5.32 Å². The van der Waals surface area contributed by atoms with Gasteiger partial charge in [0.1, 0.15) is 5.54 Å². The van der Waals surface area contributed by atoms with Crippen LogP contribution in [0.25, 0.3) is 0 Å². The van der Waals surface area contributed by atoms with Crippen molar-refractivity contribution in [3.05, 3.63) is 71.3 Å². The van der Waals surface area contributed by atoms with Crippen LogP contribution < -0.4 is 5.32 Å². The van der Waals surface area contributed by atoms with Crippen LogP contribution in [0.2, 0.25) is 0 Å². The van der Waals surface area contributed by atoms with E-state index in [0.717, 1.165) is 23.3 Å². The van der Waals surface area contributed by atoms with E-state index in [1.165, 1.54) is 0 Å². The molecular formula is C21H22N2O3. The molecule has 1 N–H and O–H groups in total.